The summed E-state index contributed by atoms with van der Waals surface area (Å²) >= 11 is 0. The molecule has 0 aliphatic carbocycles. The van der Waals surface area contributed by atoms with E-state index in [2.05, 4.69) is 10.2 Å². The average Bonchev–Trinajstić information content (AvgIpc) is 2.58. The summed E-state index contributed by atoms with van der Waals surface area (Å²) in [5, 5.41) is 3.02. The molecule has 6 heteroatoms. The van der Waals surface area contributed by atoms with Crippen molar-refractivity contribution < 1.29 is 13.7 Å². The smallest absolute Gasteiger partial charge is 0.251 e. The lowest BCUT2D eigenvalue weighted by Crippen LogP contribution is -2.39. The van der Waals surface area contributed by atoms with Gasteiger partial charge in [0, 0.05) is 47.7 Å². The fourth-order valence-corrected chi connectivity index (χ4v) is 3.29. The summed E-state index contributed by atoms with van der Waals surface area (Å²) in [6.07, 6.45) is 3.85. The Balaban J connectivity index is 1.73. The number of amides is 1. The van der Waals surface area contributed by atoms with Crippen LogP contribution in [0.5, 0.6) is 0 Å². The van der Waals surface area contributed by atoms with E-state index < -0.39 is 10.8 Å². The Morgan fingerprint density at radius 3 is 2.52 bits per heavy atom. The first kappa shape index (κ1) is 18.1. The summed E-state index contributed by atoms with van der Waals surface area (Å²) in [4.78, 5) is 15.3. The normalized spacial score (nSPS) is 17.8. The maximum absolute atomic E-state index is 12.2. The molecule has 1 saturated heterocycles. The maximum atomic E-state index is 12.2. The monoisotopic (exact) mass is 338 g/mol. The Labute approximate surface area is 140 Å². The predicted molar refractivity (Wildman–Crippen MR) is 92.1 cm³/mol. The quantitative estimate of drug-likeness (QED) is 0.819. The second kappa shape index (κ2) is 9.15. The molecule has 1 aliphatic rings. The summed E-state index contributed by atoms with van der Waals surface area (Å²) in [6, 6.07) is 6.97. The summed E-state index contributed by atoms with van der Waals surface area (Å²) in [5.41, 5.74) is 0.622. The van der Waals surface area contributed by atoms with Crippen LogP contribution < -0.4 is 5.32 Å². The lowest BCUT2D eigenvalue weighted by atomic mass is 9.96. The molecular formula is C17H26N2O3S. The van der Waals surface area contributed by atoms with E-state index in [-0.39, 0.29) is 5.91 Å². The molecule has 1 fully saturated rings. The first-order valence-electron chi connectivity index (χ1n) is 8.03. The molecule has 1 amide bonds. The van der Waals surface area contributed by atoms with Crippen LogP contribution in [0, 0.1) is 5.92 Å². The van der Waals surface area contributed by atoms with Crippen molar-refractivity contribution in [1.82, 2.24) is 10.2 Å². The summed E-state index contributed by atoms with van der Waals surface area (Å²) in [5.74, 6) is 0.486. The number of carbonyl (C=O) groups excluding carboxylic acids is 1. The molecule has 2 rings (SSSR count). The van der Waals surface area contributed by atoms with Gasteiger partial charge in [0.1, 0.15) is 0 Å². The van der Waals surface area contributed by atoms with Gasteiger partial charge in [-0.3, -0.25) is 9.00 Å². The van der Waals surface area contributed by atoms with Gasteiger partial charge in [0.15, 0.2) is 0 Å². The lowest BCUT2D eigenvalue weighted by molar-refractivity contribution is 0.0926. The molecule has 5 nitrogen and oxygen atoms in total. The Hall–Kier alpha value is -1.24. The van der Waals surface area contributed by atoms with Gasteiger partial charge < -0.3 is 15.0 Å². The molecule has 1 aromatic rings. The van der Waals surface area contributed by atoms with Crippen molar-refractivity contribution in [2.75, 3.05) is 46.2 Å². The van der Waals surface area contributed by atoms with E-state index >= 15 is 0 Å². The van der Waals surface area contributed by atoms with Gasteiger partial charge in [-0.1, -0.05) is 0 Å². The molecule has 0 radical (unpaired) electrons. The van der Waals surface area contributed by atoms with Crippen LogP contribution in [0.15, 0.2) is 29.2 Å². The van der Waals surface area contributed by atoms with E-state index in [1.54, 1.807) is 37.6 Å². The first-order chi connectivity index (χ1) is 11.1. The Kier molecular flexibility index (Phi) is 7.20. The molecular weight excluding hydrogens is 312 g/mol. The highest BCUT2D eigenvalue weighted by atomic mass is 32.2. The van der Waals surface area contributed by atoms with Crippen LogP contribution in [0.4, 0.5) is 0 Å². The third-order valence-corrected chi connectivity index (χ3v) is 5.25. The third-order valence-electron chi connectivity index (χ3n) is 4.32. The maximum Gasteiger partial charge on any atom is 0.251 e. The number of benzene rings is 1. The molecule has 23 heavy (non-hydrogen) atoms. The molecule has 0 bridgehead atoms. The minimum Gasteiger partial charge on any atom is -0.383 e. The topological polar surface area (TPSA) is 58.6 Å². The number of nitrogens with zero attached hydrogens (tertiary/aromatic N) is 1. The van der Waals surface area contributed by atoms with Crippen molar-refractivity contribution >= 4 is 16.7 Å². The van der Waals surface area contributed by atoms with Crippen molar-refractivity contribution in [3.8, 4) is 0 Å². The standard InChI is InChI=1S/C17H26N2O3S/c1-22-12-11-19-9-7-14(8-10-19)13-18-17(20)15-3-5-16(6-4-15)23(2)21/h3-6,14H,7-13H2,1-2H3,(H,18,20)/t23-/m0/s1. The Morgan fingerprint density at radius 2 is 1.96 bits per heavy atom. The van der Waals surface area contributed by atoms with Crippen LogP contribution in [-0.4, -0.2) is 61.2 Å². The van der Waals surface area contributed by atoms with Crippen LogP contribution in [0.3, 0.4) is 0 Å². The first-order valence-corrected chi connectivity index (χ1v) is 9.59. The number of methoxy groups -OCH3 is 1. The predicted octanol–water partition coefficient (Wildman–Crippen LogP) is 1.51. The SMILES string of the molecule is COCCN1CCC(CNC(=O)c2ccc([S@](C)=O)cc2)CC1. The zero-order valence-corrected chi connectivity index (χ0v) is 14.7. The fourth-order valence-electron chi connectivity index (χ4n) is 2.77. The second-order valence-electron chi connectivity index (χ2n) is 5.97. The highest BCUT2D eigenvalue weighted by Gasteiger charge is 2.19. The van der Waals surface area contributed by atoms with Gasteiger partial charge in [-0.15, -0.1) is 0 Å². The number of rotatable bonds is 7. The van der Waals surface area contributed by atoms with Crippen molar-refractivity contribution in [2.45, 2.75) is 17.7 Å². The second-order valence-corrected chi connectivity index (χ2v) is 7.35. The summed E-state index contributed by atoms with van der Waals surface area (Å²) in [7, 11) is 0.720. The van der Waals surface area contributed by atoms with Gasteiger partial charge in [0.05, 0.1) is 6.61 Å². The molecule has 1 atom stereocenters. The molecule has 1 heterocycles. The molecule has 0 aromatic heterocycles. The van der Waals surface area contributed by atoms with Gasteiger partial charge in [0.25, 0.3) is 5.91 Å². The molecule has 0 spiro atoms. The highest BCUT2D eigenvalue weighted by Crippen LogP contribution is 2.16. The number of hydrogen-bond acceptors (Lipinski definition) is 4. The molecule has 0 saturated carbocycles. The van der Waals surface area contributed by atoms with Crippen molar-refractivity contribution in [3.63, 3.8) is 0 Å². The number of ether oxygens (including phenoxy) is 1. The van der Waals surface area contributed by atoms with Gasteiger partial charge in [-0.05, 0) is 56.1 Å². The number of hydrogen-bond donors (Lipinski definition) is 1. The number of carbonyl (C=O) groups is 1. The van der Waals surface area contributed by atoms with E-state index in [0.29, 0.717) is 11.5 Å². The zero-order valence-electron chi connectivity index (χ0n) is 13.9. The van der Waals surface area contributed by atoms with Crippen LogP contribution in [0.2, 0.25) is 0 Å². The minimum absolute atomic E-state index is 0.0553. The average molecular weight is 338 g/mol. The van der Waals surface area contributed by atoms with E-state index in [4.69, 9.17) is 4.74 Å². The van der Waals surface area contributed by atoms with E-state index in [9.17, 15) is 9.00 Å². The Bertz CT molecular complexity index is 525. The van der Waals surface area contributed by atoms with Crippen LogP contribution in [-0.2, 0) is 15.5 Å². The highest BCUT2D eigenvalue weighted by molar-refractivity contribution is 7.84. The van der Waals surface area contributed by atoms with E-state index in [0.717, 1.165) is 50.5 Å². The fraction of sp³-hybridized carbons (Fsp3) is 0.588. The van der Waals surface area contributed by atoms with E-state index in [1.807, 2.05) is 0 Å². The van der Waals surface area contributed by atoms with Crippen LogP contribution in [0.25, 0.3) is 0 Å². The van der Waals surface area contributed by atoms with E-state index in [1.165, 1.54) is 0 Å². The third kappa shape index (κ3) is 5.71. The van der Waals surface area contributed by atoms with Crippen LogP contribution >= 0.6 is 0 Å². The van der Waals surface area contributed by atoms with Gasteiger partial charge >= 0.3 is 0 Å². The zero-order chi connectivity index (χ0) is 16.7. The Morgan fingerprint density at radius 1 is 1.30 bits per heavy atom. The number of likely N-dealkylation sites (tertiary alicyclic amines) is 1. The molecule has 1 aromatic carbocycles. The van der Waals surface area contributed by atoms with Crippen molar-refractivity contribution in [3.05, 3.63) is 29.8 Å². The van der Waals surface area contributed by atoms with Crippen molar-refractivity contribution in [2.24, 2.45) is 5.92 Å². The van der Waals surface area contributed by atoms with Gasteiger partial charge in [-0.2, -0.15) is 0 Å². The summed E-state index contributed by atoms with van der Waals surface area (Å²) < 4.78 is 16.5. The minimum atomic E-state index is -1.01. The molecule has 1 aliphatic heterocycles. The number of nitrogens with one attached hydrogen (secondary N) is 1. The molecule has 1 N–H and O–H groups in total. The lowest BCUT2D eigenvalue weighted by Gasteiger charge is -2.31. The van der Waals surface area contributed by atoms with Gasteiger partial charge in [0.2, 0.25) is 0 Å². The van der Waals surface area contributed by atoms with Gasteiger partial charge in [-0.25, -0.2) is 0 Å². The van der Waals surface area contributed by atoms with Crippen molar-refractivity contribution in [1.29, 1.82) is 0 Å². The number of piperidine rings is 1. The largest absolute Gasteiger partial charge is 0.383 e. The molecule has 0 unspecified atom stereocenters. The van der Waals surface area contributed by atoms with Crippen LogP contribution in [0.1, 0.15) is 23.2 Å². The summed E-state index contributed by atoms with van der Waals surface area (Å²) in [6.45, 7) is 4.63. The molecule has 128 valence electrons.